The number of rotatable bonds is 8. The van der Waals surface area contributed by atoms with Gasteiger partial charge in [0.2, 0.25) is 5.88 Å². The highest BCUT2D eigenvalue weighted by molar-refractivity contribution is 5.95. The van der Waals surface area contributed by atoms with Crippen LogP contribution in [0.3, 0.4) is 0 Å². The van der Waals surface area contributed by atoms with Crippen molar-refractivity contribution in [3.8, 4) is 23.2 Å². The van der Waals surface area contributed by atoms with Gasteiger partial charge in [0.1, 0.15) is 6.61 Å². The highest BCUT2D eigenvalue weighted by Gasteiger charge is 2.41. The second-order valence-electron chi connectivity index (χ2n) is 6.01. The molecule has 3 aromatic rings. The molecule has 0 unspecified atom stereocenters. The molecule has 0 saturated heterocycles. The molecule has 0 aliphatic heterocycles. The van der Waals surface area contributed by atoms with Gasteiger partial charge in [-0.05, 0) is 18.2 Å². The number of carbonyl (C=O) groups is 1. The molecule has 164 valence electrons. The van der Waals surface area contributed by atoms with Crippen molar-refractivity contribution in [2.24, 2.45) is 0 Å². The lowest BCUT2D eigenvalue weighted by molar-refractivity contribution is -0.143. The predicted octanol–water partition coefficient (Wildman–Crippen LogP) is 2.51. The zero-order valence-electron chi connectivity index (χ0n) is 16.5. The van der Waals surface area contributed by atoms with Gasteiger partial charge in [0.15, 0.2) is 23.0 Å². The maximum atomic E-state index is 13.7. The minimum Gasteiger partial charge on any atom is -0.493 e. The van der Waals surface area contributed by atoms with Crippen molar-refractivity contribution in [3.63, 3.8) is 0 Å². The summed E-state index contributed by atoms with van der Waals surface area (Å²) in [7, 11) is 2.83. The Kier molecular flexibility index (Phi) is 6.58. The van der Waals surface area contributed by atoms with Gasteiger partial charge in [-0.2, -0.15) is 18.3 Å². The van der Waals surface area contributed by atoms with E-state index in [9.17, 15) is 18.0 Å². The molecule has 3 rings (SSSR count). The van der Waals surface area contributed by atoms with Crippen LogP contribution in [0.2, 0.25) is 0 Å². The van der Waals surface area contributed by atoms with Gasteiger partial charge in [0.25, 0.3) is 5.91 Å². The molecule has 0 bridgehead atoms. The Bertz CT molecular complexity index is 1040. The number of nitrogens with one attached hydrogen (secondary N) is 1. The second kappa shape index (κ2) is 9.32. The lowest BCUT2D eigenvalue weighted by atomic mass is 10.2. The Morgan fingerprint density at radius 1 is 1.06 bits per heavy atom. The molecule has 9 nitrogen and oxygen atoms in total. The Morgan fingerprint density at radius 3 is 2.42 bits per heavy atom. The van der Waals surface area contributed by atoms with Crippen LogP contribution in [0.15, 0.2) is 42.6 Å². The van der Waals surface area contributed by atoms with Crippen LogP contribution in [0, 0.1) is 0 Å². The minimum absolute atomic E-state index is 0.0194. The van der Waals surface area contributed by atoms with Crippen LogP contribution in [0.25, 0.3) is 5.82 Å². The number of halogens is 3. The van der Waals surface area contributed by atoms with E-state index in [4.69, 9.17) is 14.2 Å². The Hall–Kier alpha value is -3.83. The summed E-state index contributed by atoms with van der Waals surface area (Å²) in [6, 6.07) is 9.44. The minimum atomic E-state index is -4.86. The average molecular weight is 437 g/mol. The fraction of sp³-hybridized carbons (Fsp3) is 0.263. The molecule has 1 aromatic carbocycles. The highest BCUT2D eigenvalue weighted by Crippen LogP contribution is 2.33. The molecule has 0 atom stereocenters. The molecule has 0 spiro atoms. The van der Waals surface area contributed by atoms with Gasteiger partial charge in [-0.1, -0.05) is 12.1 Å². The zero-order valence-corrected chi connectivity index (χ0v) is 16.5. The zero-order chi connectivity index (χ0) is 22.4. The number of para-hydroxylation sites is 2. The molecule has 2 heterocycles. The van der Waals surface area contributed by atoms with E-state index >= 15 is 0 Å². The smallest absolute Gasteiger partial charge is 0.434 e. The molecule has 0 saturated carbocycles. The van der Waals surface area contributed by atoms with E-state index in [1.807, 2.05) is 0 Å². The number of amides is 1. The van der Waals surface area contributed by atoms with E-state index in [1.54, 1.807) is 24.3 Å². The predicted molar refractivity (Wildman–Crippen MR) is 102 cm³/mol. The van der Waals surface area contributed by atoms with E-state index in [0.29, 0.717) is 16.2 Å². The molecule has 0 aliphatic carbocycles. The second-order valence-corrected chi connectivity index (χ2v) is 6.01. The fourth-order valence-corrected chi connectivity index (χ4v) is 2.65. The van der Waals surface area contributed by atoms with Gasteiger partial charge >= 0.3 is 6.18 Å². The molecule has 0 aliphatic rings. The summed E-state index contributed by atoms with van der Waals surface area (Å²) in [5.41, 5.74) is -1.92. The van der Waals surface area contributed by atoms with E-state index in [0.717, 1.165) is 6.20 Å². The summed E-state index contributed by atoms with van der Waals surface area (Å²) in [4.78, 5) is 12.4. The number of hydrogen-bond donors (Lipinski definition) is 1. The van der Waals surface area contributed by atoms with Gasteiger partial charge in [0.05, 0.1) is 32.5 Å². The van der Waals surface area contributed by atoms with Crippen LogP contribution >= 0.6 is 0 Å². The molecular formula is C19H18F3N5O4. The molecule has 2 aromatic heterocycles. The Morgan fingerprint density at radius 2 is 1.81 bits per heavy atom. The first-order valence-corrected chi connectivity index (χ1v) is 8.92. The maximum absolute atomic E-state index is 13.7. The van der Waals surface area contributed by atoms with Crippen LogP contribution in [0.1, 0.15) is 16.1 Å². The highest BCUT2D eigenvalue weighted by atomic mass is 19.4. The van der Waals surface area contributed by atoms with Gasteiger partial charge in [-0.3, -0.25) is 4.79 Å². The van der Waals surface area contributed by atoms with Crippen molar-refractivity contribution in [1.82, 2.24) is 25.3 Å². The molecule has 31 heavy (non-hydrogen) atoms. The van der Waals surface area contributed by atoms with Crippen molar-refractivity contribution < 1.29 is 32.2 Å². The van der Waals surface area contributed by atoms with Crippen molar-refractivity contribution >= 4 is 5.91 Å². The van der Waals surface area contributed by atoms with Crippen LogP contribution in [-0.2, 0) is 6.18 Å². The van der Waals surface area contributed by atoms with Crippen molar-refractivity contribution in [3.05, 3.63) is 53.9 Å². The average Bonchev–Trinajstić information content (AvgIpc) is 3.23. The number of hydrogen-bond acceptors (Lipinski definition) is 7. The van der Waals surface area contributed by atoms with Gasteiger partial charge in [-0.15, -0.1) is 10.2 Å². The molecule has 0 fully saturated rings. The summed E-state index contributed by atoms with van der Waals surface area (Å²) in [5, 5.41) is 13.3. The monoisotopic (exact) mass is 437 g/mol. The lowest BCUT2D eigenvalue weighted by Crippen LogP contribution is -2.30. The standard InChI is InChI=1S/C19H18F3N5O4/c1-29-13-5-3-4-6-14(13)31-10-9-23-18(28)12-11-24-27(17(12)19(20,21)22)15-7-8-16(30-2)26-25-15/h3-8,11H,9-10H2,1-2H3,(H,23,28). The number of carbonyl (C=O) groups excluding carboxylic acids is 1. The summed E-state index contributed by atoms with van der Waals surface area (Å²) in [6.07, 6.45) is -4.04. The van der Waals surface area contributed by atoms with Crippen LogP contribution < -0.4 is 19.5 Å². The topological polar surface area (TPSA) is 100 Å². The quantitative estimate of drug-likeness (QED) is 0.541. The molecule has 1 N–H and O–H groups in total. The third kappa shape index (κ3) is 5.02. The van der Waals surface area contributed by atoms with Crippen LogP contribution in [-0.4, -0.2) is 53.3 Å². The third-order valence-corrected chi connectivity index (χ3v) is 4.05. The van der Waals surface area contributed by atoms with Crippen molar-refractivity contribution in [2.75, 3.05) is 27.4 Å². The number of methoxy groups -OCH3 is 2. The molecule has 12 heteroatoms. The van der Waals surface area contributed by atoms with E-state index in [2.05, 4.69) is 20.6 Å². The Labute approximate surface area is 174 Å². The van der Waals surface area contributed by atoms with E-state index < -0.39 is 23.3 Å². The summed E-state index contributed by atoms with van der Waals surface area (Å²) in [5.74, 6) is -0.107. The number of benzene rings is 1. The number of ether oxygens (including phenoxy) is 3. The summed E-state index contributed by atoms with van der Waals surface area (Å²) < 4.78 is 57.0. The van der Waals surface area contributed by atoms with Gasteiger partial charge in [-0.25, -0.2) is 4.68 Å². The first kappa shape index (κ1) is 21.9. The van der Waals surface area contributed by atoms with Crippen molar-refractivity contribution in [1.29, 1.82) is 0 Å². The number of alkyl halides is 3. The van der Waals surface area contributed by atoms with Crippen LogP contribution in [0.5, 0.6) is 17.4 Å². The first-order chi connectivity index (χ1) is 14.8. The first-order valence-electron chi connectivity index (χ1n) is 8.92. The number of aromatic nitrogens is 4. The van der Waals surface area contributed by atoms with Gasteiger partial charge in [0, 0.05) is 6.07 Å². The summed E-state index contributed by atoms with van der Waals surface area (Å²) >= 11 is 0. The SMILES string of the molecule is COc1ccc(-n2ncc(C(=O)NCCOc3ccccc3OC)c2C(F)(F)F)nn1. The third-order valence-electron chi connectivity index (χ3n) is 4.05. The molecular weight excluding hydrogens is 419 g/mol. The largest absolute Gasteiger partial charge is 0.493 e. The number of nitrogens with zero attached hydrogens (tertiary/aromatic N) is 4. The molecule has 0 radical (unpaired) electrons. The maximum Gasteiger partial charge on any atom is 0.434 e. The Balaban J connectivity index is 1.72. The van der Waals surface area contributed by atoms with E-state index in [-0.39, 0.29) is 24.8 Å². The normalized spacial score (nSPS) is 11.1. The lowest BCUT2D eigenvalue weighted by Gasteiger charge is -2.13. The van der Waals surface area contributed by atoms with E-state index in [1.165, 1.54) is 26.4 Å². The van der Waals surface area contributed by atoms with Crippen LogP contribution in [0.4, 0.5) is 13.2 Å². The van der Waals surface area contributed by atoms with Crippen molar-refractivity contribution in [2.45, 2.75) is 6.18 Å². The molecule has 1 amide bonds. The fourth-order valence-electron chi connectivity index (χ4n) is 2.65. The van der Waals surface area contributed by atoms with Gasteiger partial charge < -0.3 is 19.5 Å². The summed E-state index contributed by atoms with van der Waals surface area (Å²) in [6.45, 7) is -0.0206.